The van der Waals surface area contributed by atoms with Crippen molar-refractivity contribution in [3.63, 3.8) is 0 Å². The molecule has 0 aromatic heterocycles. The Balaban J connectivity index is 2.08. The van der Waals surface area contributed by atoms with E-state index in [0.29, 0.717) is 35.0 Å². The zero-order valence-corrected chi connectivity index (χ0v) is 24.8. The van der Waals surface area contributed by atoms with E-state index < -0.39 is 28.5 Å². The van der Waals surface area contributed by atoms with Crippen LogP contribution in [0.4, 0.5) is 5.69 Å². The van der Waals surface area contributed by atoms with Crippen molar-refractivity contribution in [2.75, 3.05) is 24.5 Å². The molecule has 0 heterocycles. The number of amides is 2. The average molecular weight is 586 g/mol. The molecule has 10 heteroatoms. The van der Waals surface area contributed by atoms with Gasteiger partial charge in [-0.1, -0.05) is 55.8 Å². The molecule has 0 bridgehead atoms. The van der Waals surface area contributed by atoms with Crippen LogP contribution < -0.4 is 14.4 Å². The summed E-state index contributed by atoms with van der Waals surface area (Å²) < 4.78 is 34.3. The maximum atomic E-state index is 14.1. The number of methoxy groups -OCH3 is 1. The molecule has 0 aliphatic carbocycles. The van der Waals surface area contributed by atoms with Gasteiger partial charge in [0.05, 0.1) is 17.7 Å². The Labute approximate surface area is 241 Å². The molecule has 0 radical (unpaired) electrons. The van der Waals surface area contributed by atoms with E-state index in [9.17, 15) is 18.0 Å². The molecule has 2 amide bonds. The van der Waals surface area contributed by atoms with Crippen LogP contribution in [0.15, 0.2) is 77.7 Å². The number of carbonyl (C=O) groups is 2. The van der Waals surface area contributed by atoms with E-state index in [1.807, 2.05) is 19.9 Å². The standard InChI is InChI=1S/C30H36ClN3O5S/c1-5-17-32-30(36)27(6-2)33(20-23-11-10-12-25(19-23)39-4)29(35)21-34(28-16-15-24(31)18-22(28)3)40(37,38)26-13-8-7-9-14-26/h7-16,18-19,27H,5-6,17,20-21H2,1-4H3,(H,32,36)/t27-/m1/s1. The summed E-state index contributed by atoms with van der Waals surface area (Å²) in [5.41, 5.74) is 1.66. The van der Waals surface area contributed by atoms with Crippen molar-refractivity contribution in [2.24, 2.45) is 0 Å². The van der Waals surface area contributed by atoms with Crippen LogP contribution in [0.3, 0.4) is 0 Å². The van der Waals surface area contributed by atoms with E-state index >= 15 is 0 Å². The van der Waals surface area contributed by atoms with Gasteiger partial charge >= 0.3 is 0 Å². The van der Waals surface area contributed by atoms with Crippen LogP contribution in [0.2, 0.25) is 5.02 Å². The lowest BCUT2D eigenvalue weighted by Gasteiger charge is -2.33. The fourth-order valence-electron chi connectivity index (χ4n) is 4.38. The molecule has 0 saturated carbocycles. The predicted octanol–water partition coefficient (Wildman–Crippen LogP) is 5.19. The molecule has 0 fully saturated rings. The number of ether oxygens (including phenoxy) is 1. The highest BCUT2D eigenvalue weighted by Crippen LogP contribution is 2.29. The summed E-state index contributed by atoms with van der Waals surface area (Å²) in [6, 6.07) is 19.2. The fraction of sp³-hybridized carbons (Fsp3) is 0.333. The number of aryl methyl sites for hydroxylation is 1. The summed E-state index contributed by atoms with van der Waals surface area (Å²) in [6.45, 7) is 5.55. The minimum Gasteiger partial charge on any atom is -0.497 e. The lowest BCUT2D eigenvalue weighted by atomic mass is 10.1. The first-order valence-electron chi connectivity index (χ1n) is 13.2. The van der Waals surface area contributed by atoms with Gasteiger partial charge in [0.25, 0.3) is 10.0 Å². The number of halogens is 1. The number of rotatable bonds is 13. The SMILES string of the molecule is CCCNC(=O)[C@@H](CC)N(Cc1cccc(OC)c1)C(=O)CN(c1ccc(Cl)cc1C)S(=O)(=O)c1ccccc1. The summed E-state index contributed by atoms with van der Waals surface area (Å²) in [5, 5.41) is 3.33. The highest BCUT2D eigenvalue weighted by molar-refractivity contribution is 7.92. The lowest BCUT2D eigenvalue weighted by Crippen LogP contribution is -2.52. The average Bonchev–Trinajstić information content (AvgIpc) is 2.95. The molecule has 40 heavy (non-hydrogen) atoms. The van der Waals surface area contributed by atoms with Crippen molar-refractivity contribution in [1.29, 1.82) is 0 Å². The first kappa shape index (κ1) is 31.0. The van der Waals surface area contributed by atoms with Gasteiger partial charge in [-0.3, -0.25) is 13.9 Å². The van der Waals surface area contributed by atoms with Crippen LogP contribution in [0.5, 0.6) is 5.75 Å². The molecule has 8 nitrogen and oxygen atoms in total. The second-order valence-corrected chi connectivity index (χ2v) is 11.6. The molecule has 0 saturated heterocycles. The number of hydrogen-bond donors (Lipinski definition) is 1. The van der Waals surface area contributed by atoms with Crippen LogP contribution in [0, 0.1) is 6.92 Å². The van der Waals surface area contributed by atoms with Crippen LogP contribution in [-0.2, 0) is 26.2 Å². The van der Waals surface area contributed by atoms with E-state index in [2.05, 4.69) is 5.32 Å². The summed E-state index contributed by atoms with van der Waals surface area (Å²) in [6.07, 6.45) is 1.08. The Morgan fingerprint density at radius 1 is 1.00 bits per heavy atom. The summed E-state index contributed by atoms with van der Waals surface area (Å²) in [5.74, 6) is -0.200. The van der Waals surface area contributed by atoms with Crippen molar-refractivity contribution in [3.05, 3.63) is 88.9 Å². The monoisotopic (exact) mass is 585 g/mol. The van der Waals surface area contributed by atoms with Gasteiger partial charge in [-0.25, -0.2) is 8.42 Å². The van der Waals surface area contributed by atoms with Crippen molar-refractivity contribution >= 4 is 39.1 Å². The van der Waals surface area contributed by atoms with Crippen molar-refractivity contribution in [2.45, 2.75) is 51.1 Å². The molecule has 3 aromatic rings. The molecule has 0 aliphatic heterocycles. The number of nitrogens with zero attached hydrogens (tertiary/aromatic N) is 2. The van der Waals surface area contributed by atoms with Gasteiger partial charge in [0.2, 0.25) is 11.8 Å². The van der Waals surface area contributed by atoms with Crippen LogP contribution in [-0.4, -0.2) is 51.4 Å². The summed E-state index contributed by atoms with van der Waals surface area (Å²) in [7, 11) is -2.59. The van der Waals surface area contributed by atoms with Crippen molar-refractivity contribution in [1.82, 2.24) is 10.2 Å². The Kier molecular flexibility index (Phi) is 11.0. The van der Waals surface area contributed by atoms with Gasteiger partial charge in [-0.2, -0.15) is 0 Å². The molecule has 3 aromatic carbocycles. The molecular formula is C30H36ClN3O5S. The molecule has 0 aliphatic rings. The largest absolute Gasteiger partial charge is 0.497 e. The van der Waals surface area contributed by atoms with Crippen LogP contribution >= 0.6 is 11.6 Å². The fourth-order valence-corrected chi connectivity index (χ4v) is 6.11. The number of anilines is 1. The molecular weight excluding hydrogens is 550 g/mol. The highest BCUT2D eigenvalue weighted by Gasteiger charge is 2.34. The van der Waals surface area contributed by atoms with Crippen LogP contribution in [0.1, 0.15) is 37.8 Å². The predicted molar refractivity (Wildman–Crippen MR) is 158 cm³/mol. The zero-order valence-electron chi connectivity index (χ0n) is 23.3. The topological polar surface area (TPSA) is 96.0 Å². The second kappa shape index (κ2) is 14.2. The van der Waals surface area contributed by atoms with Gasteiger partial charge in [-0.05, 0) is 73.4 Å². The quantitative estimate of drug-likeness (QED) is 0.298. The lowest BCUT2D eigenvalue weighted by molar-refractivity contribution is -0.140. The molecule has 0 unspecified atom stereocenters. The number of nitrogens with one attached hydrogen (secondary N) is 1. The van der Waals surface area contributed by atoms with Gasteiger partial charge in [0.15, 0.2) is 0 Å². The smallest absolute Gasteiger partial charge is 0.264 e. The molecule has 1 N–H and O–H groups in total. The van der Waals surface area contributed by atoms with E-state index in [1.54, 1.807) is 68.6 Å². The Bertz CT molecular complexity index is 1420. The van der Waals surface area contributed by atoms with Crippen molar-refractivity contribution < 1.29 is 22.7 Å². The van der Waals surface area contributed by atoms with E-state index in [0.717, 1.165) is 16.3 Å². The van der Waals surface area contributed by atoms with E-state index in [-0.39, 0.29) is 17.3 Å². The number of hydrogen-bond acceptors (Lipinski definition) is 5. The Morgan fingerprint density at radius 3 is 2.35 bits per heavy atom. The molecule has 1 atom stereocenters. The Hall–Kier alpha value is -3.56. The van der Waals surface area contributed by atoms with Gasteiger partial charge in [0, 0.05) is 18.1 Å². The zero-order chi connectivity index (χ0) is 29.3. The number of carbonyl (C=O) groups excluding carboxylic acids is 2. The first-order chi connectivity index (χ1) is 19.1. The maximum absolute atomic E-state index is 14.1. The van der Waals surface area contributed by atoms with Gasteiger partial charge in [-0.15, -0.1) is 0 Å². The third-order valence-electron chi connectivity index (χ3n) is 6.46. The summed E-state index contributed by atoms with van der Waals surface area (Å²) >= 11 is 6.16. The second-order valence-electron chi connectivity index (χ2n) is 9.34. The normalized spacial score (nSPS) is 11.9. The highest BCUT2D eigenvalue weighted by atomic mass is 35.5. The third kappa shape index (κ3) is 7.55. The molecule has 3 rings (SSSR count). The summed E-state index contributed by atoms with van der Waals surface area (Å²) in [4.78, 5) is 28.8. The third-order valence-corrected chi connectivity index (χ3v) is 8.47. The number of benzene rings is 3. The first-order valence-corrected chi connectivity index (χ1v) is 15.0. The van der Waals surface area contributed by atoms with Gasteiger partial charge in [0.1, 0.15) is 18.3 Å². The molecule has 0 spiro atoms. The van der Waals surface area contributed by atoms with E-state index in [4.69, 9.17) is 16.3 Å². The maximum Gasteiger partial charge on any atom is 0.264 e. The van der Waals surface area contributed by atoms with Crippen molar-refractivity contribution in [3.8, 4) is 5.75 Å². The van der Waals surface area contributed by atoms with Crippen LogP contribution in [0.25, 0.3) is 0 Å². The minimum absolute atomic E-state index is 0.0456. The minimum atomic E-state index is -4.15. The molecule has 214 valence electrons. The number of sulfonamides is 1. The Morgan fingerprint density at radius 2 is 1.73 bits per heavy atom. The van der Waals surface area contributed by atoms with E-state index in [1.165, 1.54) is 17.0 Å². The van der Waals surface area contributed by atoms with Gasteiger partial charge < -0.3 is 15.0 Å².